The Morgan fingerprint density at radius 3 is 2.05 bits per heavy atom. The van der Waals surface area contributed by atoms with Gasteiger partial charge < -0.3 is 26.2 Å². The molecule has 0 fully saturated rings. The van der Waals surface area contributed by atoms with Gasteiger partial charge in [0.25, 0.3) is 0 Å². The summed E-state index contributed by atoms with van der Waals surface area (Å²) in [6, 6.07) is 27.6. The summed E-state index contributed by atoms with van der Waals surface area (Å²) in [4.78, 5) is 23.5. The van der Waals surface area contributed by atoms with Crippen molar-refractivity contribution in [3.05, 3.63) is 96.1 Å². The molecule has 0 saturated heterocycles. The molecule has 0 saturated carbocycles. The topological polar surface area (TPSA) is 134 Å². The summed E-state index contributed by atoms with van der Waals surface area (Å²) in [6.07, 6.45) is 3.23. The highest BCUT2D eigenvalue weighted by atomic mass is 32.2. The van der Waals surface area contributed by atoms with Gasteiger partial charge >= 0.3 is 6.09 Å². The van der Waals surface area contributed by atoms with Gasteiger partial charge in [-0.15, -0.1) is 0 Å². The van der Waals surface area contributed by atoms with E-state index >= 15 is 0 Å². The quantitative estimate of drug-likeness (QED) is 0.185. The first-order valence-electron chi connectivity index (χ1n) is 14.6. The summed E-state index contributed by atoms with van der Waals surface area (Å²) in [6.45, 7) is 4.21. The molecule has 3 rings (SSSR count). The number of anilines is 1. The first-order chi connectivity index (χ1) is 20.8. The number of methoxy groups -OCH3 is 1. The second kappa shape index (κ2) is 20.2. The summed E-state index contributed by atoms with van der Waals surface area (Å²) in [7, 11) is -0.163. The SMILES string of the molecule is CCCN(C(CO)CCCC(C)NC(=O)CNC(=O)OC)S(=O)c1ccc(N)cc1.c1ccc(Cc2ccccc2)cc1. The van der Waals surface area contributed by atoms with Crippen molar-refractivity contribution in [2.75, 3.05) is 32.5 Å². The number of nitrogen functional groups attached to an aromatic ring is 1. The van der Waals surface area contributed by atoms with Gasteiger partial charge in [-0.1, -0.05) is 67.6 Å². The Hall–Kier alpha value is -3.73. The first-order valence-corrected chi connectivity index (χ1v) is 15.7. The van der Waals surface area contributed by atoms with E-state index in [1.807, 2.05) is 18.2 Å². The standard InChI is InChI=1S/C20H34N4O5S.C13H12/c1-4-12-24(30(28)18-10-8-16(21)9-11-18)17(14-25)7-5-6-15(2)23-19(26)13-22-20(27)29-3;1-3-7-12(8-4-1)11-13-9-5-2-6-10-13/h8-11,15,17,25H,4-7,12-14,21H2,1-3H3,(H,22,27)(H,23,26);1-10H,11H2. The van der Waals surface area contributed by atoms with Crippen LogP contribution in [0, 0.1) is 0 Å². The predicted octanol–water partition coefficient (Wildman–Crippen LogP) is 4.67. The van der Waals surface area contributed by atoms with Crippen molar-refractivity contribution >= 4 is 28.7 Å². The van der Waals surface area contributed by atoms with Gasteiger partial charge in [-0.3, -0.25) is 4.79 Å². The van der Waals surface area contributed by atoms with Crippen molar-refractivity contribution < 1.29 is 23.6 Å². The van der Waals surface area contributed by atoms with Crippen LogP contribution in [0.25, 0.3) is 0 Å². The number of aliphatic hydroxyl groups excluding tert-OH is 1. The third-order valence-corrected chi connectivity index (χ3v) is 8.19. The Bertz CT molecular complexity index is 1190. The molecule has 9 nitrogen and oxygen atoms in total. The third-order valence-electron chi connectivity index (χ3n) is 6.61. The molecule has 3 aromatic carbocycles. The fraction of sp³-hybridized carbons (Fsp3) is 0.394. The molecule has 10 heteroatoms. The molecule has 43 heavy (non-hydrogen) atoms. The molecule has 0 aromatic heterocycles. The molecule has 3 unspecified atom stereocenters. The third kappa shape index (κ3) is 13.9. The Morgan fingerprint density at radius 1 is 0.953 bits per heavy atom. The second-order valence-electron chi connectivity index (χ2n) is 10.2. The lowest BCUT2D eigenvalue weighted by Crippen LogP contribution is -2.41. The van der Waals surface area contributed by atoms with Crippen LogP contribution in [0.3, 0.4) is 0 Å². The van der Waals surface area contributed by atoms with Crippen LogP contribution in [0.5, 0.6) is 0 Å². The molecule has 0 aliphatic rings. The van der Waals surface area contributed by atoms with E-state index < -0.39 is 17.1 Å². The number of nitrogens with zero attached hydrogens (tertiary/aromatic N) is 1. The molecule has 0 aliphatic carbocycles. The maximum atomic E-state index is 13.0. The number of carbonyl (C=O) groups excluding carboxylic acids is 2. The van der Waals surface area contributed by atoms with Gasteiger partial charge in [0.2, 0.25) is 5.91 Å². The van der Waals surface area contributed by atoms with Crippen LogP contribution >= 0.6 is 0 Å². The van der Waals surface area contributed by atoms with Crippen LogP contribution in [0.15, 0.2) is 89.8 Å². The van der Waals surface area contributed by atoms with Crippen LogP contribution in [-0.4, -0.2) is 64.5 Å². The number of benzene rings is 3. The van der Waals surface area contributed by atoms with Crippen LogP contribution in [0.1, 0.15) is 50.7 Å². The first kappa shape index (κ1) is 35.5. The number of aliphatic hydroxyl groups is 1. The number of nitrogens with one attached hydrogen (secondary N) is 2. The van der Waals surface area contributed by atoms with Gasteiger partial charge in [-0.2, -0.15) is 0 Å². The molecule has 0 spiro atoms. The van der Waals surface area contributed by atoms with Gasteiger partial charge in [0.05, 0.1) is 18.6 Å². The molecule has 0 radical (unpaired) electrons. The summed E-state index contributed by atoms with van der Waals surface area (Å²) in [5.74, 6) is -0.302. The van der Waals surface area contributed by atoms with Gasteiger partial charge in [0, 0.05) is 24.3 Å². The Kier molecular flexibility index (Phi) is 16.7. The molecule has 0 heterocycles. The fourth-order valence-electron chi connectivity index (χ4n) is 4.38. The van der Waals surface area contributed by atoms with Gasteiger partial charge in [-0.25, -0.2) is 13.3 Å². The molecular formula is C33H46N4O5S. The van der Waals surface area contributed by atoms with E-state index in [1.165, 1.54) is 18.2 Å². The second-order valence-corrected chi connectivity index (χ2v) is 11.6. The molecule has 234 valence electrons. The van der Waals surface area contributed by atoms with Crippen molar-refractivity contribution in [3.63, 3.8) is 0 Å². The number of carbonyl (C=O) groups is 2. The number of ether oxygens (including phenoxy) is 1. The molecule has 2 amide bonds. The summed E-state index contributed by atoms with van der Waals surface area (Å²) in [5.41, 5.74) is 9.05. The average molecular weight is 611 g/mol. The minimum atomic E-state index is -1.39. The molecule has 3 atom stereocenters. The van der Waals surface area contributed by atoms with E-state index in [0.29, 0.717) is 30.0 Å². The van der Waals surface area contributed by atoms with Gasteiger partial charge in [0.1, 0.15) is 17.5 Å². The van der Waals surface area contributed by atoms with Crippen LogP contribution in [-0.2, 0) is 26.9 Å². The van der Waals surface area contributed by atoms with E-state index in [2.05, 4.69) is 76.0 Å². The molecule has 3 aromatic rings. The smallest absolute Gasteiger partial charge is 0.407 e. The predicted molar refractivity (Wildman–Crippen MR) is 173 cm³/mol. The van der Waals surface area contributed by atoms with Crippen molar-refractivity contribution in [2.24, 2.45) is 0 Å². The number of nitrogens with two attached hydrogens (primary N) is 1. The Morgan fingerprint density at radius 2 is 1.53 bits per heavy atom. The zero-order chi connectivity index (χ0) is 31.5. The number of hydrogen-bond donors (Lipinski definition) is 4. The zero-order valence-electron chi connectivity index (χ0n) is 25.4. The minimum Gasteiger partial charge on any atom is -0.453 e. The zero-order valence-corrected chi connectivity index (χ0v) is 26.2. The minimum absolute atomic E-state index is 0.0986. The van der Waals surface area contributed by atoms with Gasteiger partial charge in [-0.05, 0) is 74.4 Å². The lowest BCUT2D eigenvalue weighted by atomic mass is 10.1. The van der Waals surface area contributed by atoms with Crippen molar-refractivity contribution in [2.45, 2.75) is 62.9 Å². The Labute approximate surface area is 258 Å². The van der Waals surface area contributed by atoms with E-state index in [1.54, 1.807) is 24.3 Å². The Balaban J connectivity index is 0.000000407. The monoisotopic (exact) mass is 610 g/mol. The van der Waals surface area contributed by atoms with Crippen LogP contribution in [0.4, 0.5) is 10.5 Å². The summed E-state index contributed by atoms with van der Waals surface area (Å²) in [5, 5.41) is 15.0. The molecule has 5 N–H and O–H groups in total. The lowest BCUT2D eigenvalue weighted by molar-refractivity contribution is -0.120. The molecule has 0 bridgehead atoms. The van der Waals surface area contributed by atoms with Gasteiger partial charge in [0.15, 0.2) is 0 Å². The van der Waals surface area contributed by atoms with Crippen LogP contribution in [0.2, 0.25) is 0 Å². The lowest BCUT2D eigenvalue weighted by Gasteiger charge is -2.29. The highest BCUT2D eigenvalue weighted by molar-refractivity contribution is 7.82. The fourth-order valence-corrected chi connectivity index (χ4v) is 5.81. The normalized spacial score (nSPS) is 12.8. The number of amides is 2. The van der Waals surface area contributed by atoms with E-state index in [0.717, 1.165) is 19.3 Å². The largest absolute Gasteiger partial charge is 0.453 e. The molecule has 0 aliphatic heterocycles. The maximum Gasteiger partial charge on any atom is 0.407 e. The summed E-state index contributed by atoms with van der Waals surface area (Å²) >= 11 is 0. The number of alkyl carbamates (subject to hydrolysis) is 1. The summed E-state index contributed by atoms with van der Waals surface area (Å²) < 4.78 is 19.3. The highest BCUT2D eigenvalue weighted by Crippen LogP contribution is 2.19. The van der Waals surface area contributed by atoms with Crippen molar-refractivity contribution in [1.82, 2.24) is 14.9 Å². The average Bonchev–Trinajstić information content (AvgIpc) is 3.02. The number of hydrogen-bond acceptors (Lipinski definition) is 6. The van der Waals surface area contributed by atoms with Crippen molar-refractivity contribution in [3.8, 4) is 0 Å². The van der Waals surface area contributed by atoms with E-state index in [9.17, 15) is 18.9 Å². The van der Waals surface area contributed by atoms with E-state index in [4.69, 9.17) is 5.73 Å². The maximum absolute atomic E-state index is 13.0. The highest BCUT2D eigenvalue weighted by Gasteiger charge is 2.24. The van der Waals surface area contributed by atoms with E-state index in [-0.39, 0.29) is 31.1 Å². The molecular weight excluding hydrogens is 564 g/mol. The number of rotatable bonds is 15. The van der Waals surface area contributed by atoms with Crippen molar-refractivity contribution in [1.29, 1.82) is 0 Å². The van der Waals surface area contributed by atoms with Crippen LogP contribution < -0.4 is 16.4 Å².